The average Bonchev–Trinajstić information content (AvgIpc) is 2.08. The van der Waals surface area contributed by atoms with Crippen LogP contribution in [0.15, 0.2) is 0 Å². The van der Waals surface area contributed by atoms with Gasteiger partial charge in [0.05, 0.1) is 6.61 Å². The zero-order valence-corrected chi connectivity index (χ0v) is 10.9. The maximum Gasteiger partial charge on any atom is 0.410 e. The predicted octanol–water partition coefficient (Wildman–Crippen LogP) is 1.91. The van der Waals surface area contributed by atoms with Crippen molar-refractivity contribution in [2.24, 2.45) is 5.90 Å². The van der Waals surface area contributed by atoms with Gasteiger partial charge < -0.3 is 14.5 Å². The zero-order valence-electron chi connectivity index (χ0n) is 10.9. The second-order valence-electron chi connectivity index (χ2n) is 4.99. The number of hydrogen-bond donors (Lipinski definition) is 1. The third-order valence-electron chi connectivity index (χ3n) is 1.91. The van der Waals surface area contributed by atoms with Crippen LogP contribution in [0.2, 0.25) is 0 Å². The Balaban J connectivity index is 4.25. The molecule has 0 aromatic carbocycles. The van der Waals surface area contributed by atoms with Gasteiger partial charge >= 0.3 is 6.09 Å². The molecule has 5 nitrogen and oxygen atoms in total. The Morgan fingerprint density at radius 1 is 1.38 bits per heavy atom. The standard InChI is InChI=1S/C11H24N2O3/c1-9(2)13(7-6-8-15-12)10(14)16-11(3,4)5/h9H,6-8,12H2,1-5H3. The van der Waals surface area contributed by atoms with Crippen LogP contribution in [0.1, 0.15) is 41.0 Å². The summed E-state index contributed by atoms with van der Waals surface area (Å²) in [5.41, 5.74) is -0.464. The van der Waals surface area contributed by atoms with E-state index in [1.165, 1.54) is 0 Å². The van der Waals surface area contributed by atoms with Gasteiger partial charge in [0.25, 0.3) is 0 Å². The Bertz CT molecular complexity index is 212. The van der Waals surface area contributed by atoms with E-state index in [9.17, 15) is 4.79 Å². The largest absolute Gasteiger partial charge is 0.444 e. The van der Waals surface area contributed by atoms with E-state index < -0.39 is 5.60 Å². The molecule has 0 aliphatic heterocycles. The van der Waals surface area contributed by atoms with Crippen molar-refractivity contribution >= 4 is 6.09 Å². The van der Waals surface area contributed by atoms with E-state index in [1.54, 1.807) is 4.90 Å². The first-order valence-corrected chi connectivity index (χ1v) is 5.59. The molecule has 0 unspecified atom stereocenters. The summed E-state index contributed by atoms with van der Waals surface area (Å²) in [7, 11) is 0. The SMILES string of the molecule is CC(C)N(CCCON)C(=O)OC(C)(C)C. The minimum Gasteiger partial charge on any atom is -0.444 e. The van der Waals surface area contributed by atoms with Gasteiger partial charge in [0.15, 0.2) is 0 Å². The number of nitrogens with zero attached hydrogens (tertiary/aromatic N) is 1. The third-order valence-corrected chi connectivity index (χ3v) is 1.91. The fourth-order valence-electron chi connectivity index (χ4n) is 1.20. The Labute approximate surface area is 97.8 Å². The first kappa shape index (κ1) is 15.2. The average molecular weight is 232 g/mol. The van der Waals surface area contributed by atoms with E-state index in [0.29, 0.717) is 19.6 Å². The Hall–Kier alpha value is -0.810. The molecule has 0 aliphatic carbocycles. The molecule has 2 N–H and O–H groups in total. The first-order chi connectivity index (χ1) is 7.28. The van der Waals surface area contributed by atoms with Gasteiger partial charge in [-0.1, -0.05) is 0 Å². The van der Waals surface area contributed by atoms with Crippen molar-refractivity contribution in [3.8, 4) is 0 Å². The normalized spacial score (nSPS) is 11.7. The summed E-state index contributed by atoms with van der Waals surface area (Å²) in [5, 5.41) is 0. The summed E-state index contributed by atoms with van der Waals surface area (Å²) < 4.78 is 5.31. The van der Waals surface area contributed by atoms with Crippen molar-refractivity contribution in [3.63, 3.8) is 0 Å². The lowest BCUT2D eigenvalue weighted by atomic mass is 10.2. The lowest BCUT2D eigenvalue weighted by Crippen LogP contribution is -2.41. The summed E-state index contributed by atoms with van der Waals surface area (Å²) in [5.74, 6) is 4.93. The quantitative estimate of drug-likeness (QED) is 0.581. The van der Waals surface area contributed by atoms with Gasteiger partial charge in [-0.25, -0.2) is 10.7 Å². The van der Waals surface area contributed by atoms with Crippen LogP contribution in [0.25, 0.3) is 0 Å². The van der Waals surface area contributed by atoms with Gasteiger partial charge in [0, 0.05) is 12.6 Å². The maximum atomic E-state index is 11.8. The second-order valence-corrected chi connectivity index (χ2v) is 4.99. The van der Waals surface area contributed by atoms with Crippen LogP contribution in [0.3, 0.4) is 0 Å². The van der Waals surface area contributed by atoms with Crippen LogP contribution in [-0.4, -0.2) is 35.8 Å². The van der Waals surface area contributed by atoms with Crippen molar-refractivity contribution in [2.45, 2.75) is 52.7 Å². The predicted molar refractivity (Wildman–Crippen MR) is 62.8 cm³/mol. The zero-order chi connectivity index (χ0) is 12.8. The highest BCUT2D eigenvalue weighted by atomic mass is 16.6. The van der Waals surface area contributed by atoms with Crippen molar-refractivity contribution in [2.75, 3.05) is 13.2 Å². The molecule has 0 saturated heterocycles. The lowest BCUT2D eigenvalue weighted by Gasteiger charge is -2.30. The minimum absolute atomic E-state index is 0.104. The van der Waals surface area contributed by atoms with Crippen LogP contribution in [-0.2, 0) is 9.57 Å². The number of amides is 1. The topological polar surface area (TPSA) is 64.8 Å². The van der Waals surface area contributed by atoms with Gasteiger partial charge in [-0.15, -0.1) is 0 Å². The first-order valence-electron chi connectivity index (χ1n) is 5.59. The van der Waals surface area contributed by atoms with Crippen LogP contribution in [0, 0.1) is 0 Å². The van der Waals surface area contributed by atoms with E-state index in [-0.39, 0.29) is 12.1 Å². The van der Waals surface area contributed by atoms with E-state index in [4.69, 9.17) is 10.6 Å². The number of hydrogen-bond acceptors (Lipinski definition) is 4. The molecule has 1 amide bonds. The molecule has 0 aromatic rings. The lowest BCUT2D eigenvalue weighted by molar-refractivity contribution is 0.0167. The van der Waals surface area contributed by atoms with Gasteiger partial charge in [-0.3, -0.25) is 0 Å². The summed E-state index contributed by atoms with van der Waals surface area (Å²) >= 11 is 0. The Morgan fingerprint density at radius 2 is 1.94 bits per heavy atom. The fourth-order valence-corrected chi connectivity index (χ4v) is 1.20. The third kappa shape index (κ3) is 6.63. The summed E-state index contributed by atoms with van der Waals surface area (Å²) in [6, 6.07) is 0.104. The van der Waals surface area contributed by atoms with Crippen LogP contribution < -0.4 is 5.90 Å². The highest BCUT2D eigenvalue weighted by Crippen LogP contribution is 2.12. The summed E-state index contributed by atoms with van der Waals surface area (Å²) in [6.07, 6.45) is 0.410. The van der Waals surface area contributed by atoms with Crippen molar-refractivity contribution in [3.05, 3.63) is 0 Å². The molecule has 0 heterocycles. The summed E-state index contributed by atoms with van der Waals surface area (Å²) in [4.78, 5) is 18.0. The van der Waals surface area contributed by atoms with Crippen molar-refractivity contribution in [1.82, 2.24) is 4.90 Å². The molecule has 0 fully saturated rings. The molecular weight excluding hydrogens is 208 g/mol. The molecule has 5 heteroatoms. The molecule has 0 spiro atoms. The molecule has 0 rings (SSSR count). The van der Waals surface area contributed by atoms with E-state index in [2.05, 4.69) is 4.84 Å². The van der Waals surface area contributed by atoms with E-state index in [0.717, 1.165) is 0 Å². The molecule has 0 aliphatic rings. The second kappa shape index (κ2) is 6.70. The maximum absolute atomic E-state index is 11.8. The highest BCUT2D eigenvalue weighted by molar-refractivity contribution is 5.68. The monoisotopic (exact) mass is 232 g/mol. The molecule has 0 saturated carbocycles. The molecule has 0 aromatic heterocycles. The van der Waals surface area contributed by atoms with Gasteiger partial charge in [0.2, 0.25) is 0 Å². The highest BCUT2D eigenvalue weighted by Gasteiger charge is 2.23. The van der Waals surface area contributed by atoms with Gasteiger partial charge in [0.1, 0.15) is 5.60 Å². The Kier molecular flexibility index (Phi) is 6.36. The minimum atomic E-state index is -0.464. The van der Waals surface area contributed by atoms with Crippen LogP contribution in [0.5, 0.6) is 0 Å². The van der Waals surface area contributed by atoms with Crippen LogP contribution in [0.4, 0.5) is 4.79 Å². The fraction of sp³-hybridized carbons (Fsp3) is 0.909. The van der Waals surface area contributed by atoms with E-state index >= 15 is 0 Å². The number of ether oxygens (including phenoxy) is 1. The molecule has 0 radical (unpaired) electrons. The number of rotatable bonds is 5. The number of carbonyl (C=O) groups is 1. The Morgan fingerprint density at radius 3 is 2.31 bits per heavy atom. The van der Waals surface area contributed by atoms with Crippen LogP contribution >= 0.6 is 0 Å². The molecule has 96 valence electrons. The summed E-state index contributed by atoms with van der Waals surface area (Å²) in [6.45, 7) is 10.5. The number of nitrogens with two attached hydrogens (primary N) is 1. The van der Waals surface area contributed by atoms with Crippen molar-refractivity contribution in [1.29, 1.82) is 0 Å². The van der Waals surface area contributed by atoms with Gasteiger partial charge in [-0.2, -0.15) is 0 Å². The molecular formula is C11H24N2O3. The molecule has 0 atom stereocenters. The number of carbonyl (C=O) groups excluding carboxylic acids is 1. The smallest absolute Gasteiger partial charge is 0.410 e. The molecule has 16 heavy (non-hydrogen) atoms. The van der Waals surface area contributed by atoms with Crippen molar-refractivity contribution < 1.29 is 14.4 Å². The van der Waals surface area contributed by atoms with E-state index in [1.807, 2.05) is 34.6 Å². The molecule has 0 bridgehead atoms. The van der Waals surface area contributed by atoms with Gasteiger partial charge in [-0.05, 0) is 41.0 Å².